The predicted molar refractivity (Wildman–Crippen MR) is 149 cm³/mol. The number of aliphatic hydroxyl groups is 1. The van der Waals surface area contributed by atoms with Gasteiger partial charge in [0.2, 0.25) is 0 Å². The maximum Gasteiger partial charge on any atom is 0.412 e. The first-order valence-corrected chi connectivity index (χ1v) is 13.5. The van der Waals surface area contributed by atoms with Crippen LogP contribution < -0.4 is 20.3 Å². The fraction of sp³-hybridized carbons (Fsp3) is 0.241. The second-order valence-corrected chi connectivity index (χ2v) is 9.09. The molecule has 3 aromatic rings. The SMILES string of the molecule is CSc1ccc(NC(=O)O[C@H](c2ccccc2OCCO)[C@@H](CC/C=C/C(=O)NO)Oc2ccccc2)cc1. The Hall–Kier alpha value is -3.99. The van der Waals surface area contributed by atoms with Crippen molar-refractivity contribution in [3.05, 3.63) is 96.6 Å². The maximum absolute atomic E-state index is 13.1. The quantitative estimate of drug-likeness (QED) is 0.0912. The van der Waals surface area contributed by atoms with E-state index in [4.69, 9.17) is 19.4 Å². The van der Waals surface area contributed by atoms with Crippen LogP contribution >= 0.6 is 11.8 Å². The molecule has 9 nitrogen and oxygen atoms in total. The molecule has 0 aliphatic rings. The lowest BCUT2D eigenvalue weighted by Gasteiger charge is -2.29. The highest BCUT2D eigenvalue weighted by Crippen LogP contribution is 2.34. The van der Waals surface area contributed by atoms with Gasteiger partial charge >= 0.3 is 6.09 Å². The zero-order valence-electron chi connectivity index (χ0n) is 21.5. The zero-order chi connectivity index (χ0) is 27.9. The lowest BCUT2D eigenvalue weighted by atomic mass is 9.99. The second kappa shape index (κ2) is 16.1. The van der Waals surface area contributed by atoms with E-state index in [9.17, 15) is 14.7 Å². The van der Waals surface area contributed by atoms with Gasteiger partial charge in [0, 0.05) is 22.2 Å². The molecule has 0 aliphatic heterocycles. The lowest BCUT2D eigenvalue weighted by molar-refractivity contribution is -0.124. The number of thioether (sulfide) groups is 1. The summed E-state index contributed by atoms with van der Waals surface area (Å²) in [5, 5.41) is 20.8. The summed E-state index contributed by atoms with van der Waals surface area (Å²) in [5.74, 6) is 0.346. The van der Waals surface area contributed by atoms with E-state index in [-0.39, 0.29) is 13.2 Å². The number of allylic oxidation sites excluding steroid dienone is 1. The molecule has 0 aromatic heterocycles. The minimum absolute atomic E-state index is 0.0565. The summed E-state index contributed by atoms with van der Waals surface area (Å²) < 4.78 is 18.0. The van der Waals surface area contributed by atoms with Gasteiger partial charge in [-0.1, -0.05) is 42.5 Å². The normalized spacial score (nSPS) is 12.4. The molecule has 2 atom stereocenters. The molecule has 0 aliphatic carbocycles. The number of ether oxygens (including phenoxy) is 3. The first kappa shape index (κ1) is 29.6. The molecule has 0 unspecified atom stereocenters. The molecular weight excluding hydrogens is 520 g/mol. The number of carbonyl (C=O) groups excluding carboxylic acids is 2. The van der Waals surface area contributed by atoms with Crippen molar-refractivity contribution in [2.45, 2.75) is 29.9 Å². The molecule has 0 saturated carbocycles. The number of hydrogen-bond donors (Lipinski definition) is 4. The third-order valence-corrected chi connectivity index (χ3v) is 6.25. The number of hydroxylamine groups is 1. The Morgan fingerprint density at radius 3 is 2.41 bits per heavy atom. The minimum atomic E-state index is -0.925. The van der Waals surface area contributed by atoms with E-state index in [1.807, 2.05) is 36.6 Å². The van der Waals surface area contributed by atoms with E-state index in [2.05, 4.69) is 5.32 Å². The van der Waals surface area contributed by atoms with Crippen LogP contribution in [0.3, 0.4) is 0 Å². The summed E-state index contributed by atoms with van der Waals surface area (Å²) in [6.07, 6.45) is 3.18. The molecule has 0 spiro atoms. The Morgan fingerprint density at radius 2 is 1.72 bits per heavy atom. The van der Waals surface area contributed by atoms with Crippen LogP contribution in [0.1, 0.15) is 24.5 Å². The molecule has 0 saturated heterocycles. The first-order chi connectivity index (χ1) is 19.0. The van der Waals surface area contributed by atoms with Crippen LogP contribution in [-0.4, -0.2) is 47.9 Å². The number of nitrogens with one attached hydrogen (secondary N) is 2. The van der Waals surface area contributed by atoms with E-state index >= 15 is 0 Å². The van der Waals surface area contributed by atoms with Gasteiger partial charge in [-0.25, -0.2) is 10.3 Å². The van der Waals surface area contributed by atoms with Gasteiger partial charge in [0.25, 0.3) is 5.91 Å². The second-order valence-electron chi connectivity index (χ2n) is 8.21. The first-order valence-electron chi connectivity index (χ1n) is 12.3. The minimum Gasteiger partial charge on any atom is -0.491 e. The van der Waals surface area contributed by atoms with Crippen molar-refractivity contribution >= 4 is 29.4 Å². The molecule has 39 heavy (non-hydrogen) atoms. The number of carbonyl (C=O) groups is 2. The van der Waals surface area contributed by atoms with Crippen molar-refractivity contribution in [3.8, 4) is 11.5 Å². The van der Waals surface area contributed by atoms with E-state index in [0.717, 1.165) is 4.90 Å². The average molecular weight is 553 g/mol. The molecule has 206 valence electrons. The zero-order valence-corrected chi connectivity index (χ0v) is 22.3. The van der Waals surface area contributed by atoms with Crippen molar-refractivity contribution in [1.29, 1.82) is 0 Å². The van der Waals surface area contributed by atoms with Crippen molar-refractivity contribution in [2.24, 2.45) is 0 Å². The summed E-state index contributed by atoms with van der Waals surface area (Å²) in [6, 6.07) is 23.5. The van der Waals surface area contributed by atoms with Crippen LogP contribution in [0.15, 0.2) is 95.9 Å². The third-order valence-electron chi connectivity index (χ3n) is 5.51. The highest BCUT2D eigenvalue weighted by molar-refractivity contribution is 7.98. The number of hydrogen-bond acceptors (Lipinski definition) is 8. The summed E-state index contributed by atoms with van der Waals surface area (Å²) >= 11 is 1.59. The largest absolute Gasteiger partial charge is 0.491 e. The Balaban J connectivity index is 1.93. The number of para-hydroxylation sites is 2. The number of amides is 2. The molecule has 2 amide bonds. The summed E-state index contributed by atoms with van der Waals surface area (Å²) in [4.78, 5) is 25.6. The Kier molecular flexibility index (Phi) is 12.2. The molecule has 3 rings (SSSR count). The fourth-order valence-corrected chi connectivity index (χ4v) is 4.12. The van der Waals surface area contributed by atoms with Crippen molar-refractivity contribution in [2.75, 3.05) is 24.8 Å². The number of aliphatic hydroxyl groups excluding tert-OH is 1. The molecule has 0 heterocycles. The molecule has 3 aromatic carbocycles. The van der Waals surface area contributed by atoms with Gasteiger partial charge in [-0.05, 0) is 61.6 Å². The van der Waals surface area contributed by atoms with Gasteiger partial charge in [-0.2, -0.15) is 0 Å². The van der Waals surface area contributed by atoms with Crippen LogP contribution in [0.2, 0.25) is 0 Å². The molecular formula is C29H32N2O7S. The van der Waals surface area contributed by atoms with Gasteiger partial charge in [0.05, 0.1) is 6.61 Å². The van der Waals surface area contributed by atoms with Gasteiger partial charge in [-0.15, -0.1) is 11.8 Å². The Morgan fingerprint density at radius 1 is 1.00 bits per heavy atom. The molecule has 0 bridgehead atoms. The number of rotatable bonds is 14. The lowest BCUT2D eigenvalue weighted by Crippen LogP contribution is -2.31. The topological polar surface area (TPSA) is 126 Å². The van der Waals surface area contributed by atoms with Crippen molar-refractivity contribution < 1.29 is 34.1 Å². The smallest absolute Gasteiger partial charge is 0.412 e. The number of benzene rings is 3. The summed E-state index contributed by atoms with van der Waals surface area (Å²) in [6.45, 7) is -0.130. The van der Waals surface area contributed by atoms with E-state index in [1.165, 1.54) is 6.08 Å². The van der Waals surface area contributed by atoms with Crippen molar-refractivity contribution in [3.63, 3.8) is 0 Å². The molecule has 0 fully saturated rings. The molecule has 10 heteroatoms. The van der Waals surface area contributed by atoms with Crippen LogP contribution in [0, 0.1) is 0 Å². The average Bonchev–Trinajstić information content (AvgIpc) is 2.97. The van der Waals surface area contributed by atoms with E-state index < -0.39 is 24.2 Å². The van der Waals surface area contributed by atoms with Crippen LogP contribution in [0.5, 0.6) is 11.5 Å². The Labute approximate surface area is 231 Å². The Bertz CT molecular complexity index is 1210. The maximum atomic E-state index is 13.1. The van der Waals surface area contributed by atoms with Gasteiger partial charge in [0.15, 0.2) is 6.10 Å². The molecule has 0 radical (unpaired) electrons. The standard InChI is InChI=1S/C29H32N2O7S/c1-39-23-17-15-21(16-18-23)30-29(34)38-28(24-11-5-6-12-25(24)36-20-19-32)26(13-7-8-14-27(33)31-35)37-22-9-3-2-4-10-22/h2-6,8-12,14-18,26,28,32,35H,7,13,19-20H2,1H3,(H,30,34)(H,31,33)/b14-8+/t26-,28-/m1/s1. The van der Waals surface area contributed by atoms with E-state index in [0.29, 0.717) is 35.6 Å². The third kappa shape index (κ3) is 9.68. The number of anilines is 1. The summed E-state index contributed by atoms with van der Waals surface area (Å²) in [5.41, 5.74) is 2.67. The van der Waals surface area contributed by atoms with Crippen molar-refractivity contribution in [1.82, 2.24) is 5.48 Å². The van der Waals surface area contributed by atoms with Crippen LogP contribution in [0.4, 0.5) is 10.5 Å². The monoisotopic (exact) mass is 552 g/mol. The summed E-state index contributed by atoms with van der Waals surface area (Å²) in [7, 11) is 0. The highest BCUT2D eigenvalue weighted by Gasteiger charge is 2.31. The highest BCUT2D eigenvalue weighted by atomic mass is 32.2. The van der Waals surface area contributed by atoms with Gasteiger partial charge < -0.3 is 19.3 Å². The van der Waals surface area contributed by atoms with Gasteiger partial charge in [0.1, 0.15) is 24.2 Å². The van der Waals surface area contributed by atoms with Crippen LogP contribution in [0.25, 0.3) is 0 Å². The fourth-order valence-electron chi connectivity index (χ4n) is 3.71. The predicted octanol–water partition coefficient (Wildman–Crippen LogP) is 5.36. The van der Waals surface area contributed by atoms with Gasteiger partial charge in [-0.3, -0.25) is 15.3 Å². The van der Waals surface area contributed by atoms with E-state index in [1.54, 1.807) is 71.8 Å². The van der Waals surface area contributed by atoms with Crippen LogP contribution in [-0.2, 0) is 9.53 Å². The molecule has 4 N–H and O–H groups in total.